The van der Waals surface area contributed by atoms with Crippen LogP contribution in [0.2, 0.25) is 0 Å². The molecule has 2 heteroatoms. The fraction of sp³-hybridized carbons (Fsp3) is 0.0682. The molecule has 0 spiro atoms. The summed E-state index contributed by atoms with van der Waals surface area (Å²) in [5, 5.41) is 2.57. The quantitative estimate of drug-likeness (QED) is 0.200. The van der Waals surface area contributed by atoms with Crippen molar-refractivity contribution >= 4 is 21.8 Å². The van der Waals surface area contributed by atoms with Crippen molar-refractivity contribution in [2.24, 2.45) is 0 Å². The van der Waals surface area contributed by atoms with E-state index >= 15 is 0 Å². The molecular weight excluding hydrogens is 556 g/mol. The maximum atomic E-state index is 5.28. The third-order valence-electron chi connectivity index (χ3n) is 9.76. The number of nitrogens with zero attached hydrogens (tertiary/aromatic N) is 2. The topological polar surface area (TPSA) is 17.8 Å². The Kier molecular flexibility index (Phi) is 5.88. The van der Waals surface area contributed by atoms with E-state index in [2.05, 4.69) is 176 Å². The average Bonchev–Trinajstić information content (AvgIpc) is 3.57. The number of para-hydroxylation sites is 1. The lowest BCUT2D eigenvalue weighted by molar-refractivity contribution is 0.666. The fourth-order valence-corrected chi connectivity index (χ4v) is 7.63. The first-order chi connectivity index (χ1) is 22.6. The SMILES string of the molecule is CC1(C)c2ccccc2-c2ccc3c(c21)c1cc(-c2cc(-c4ccccc4)cc(-c4ccccc4)n2)ccc1n3-c1ccccc1. The summed E-state index contributed by atoms with van der Waals surface area (Å²) < 4.78 is 2.43. The second-order valence-corrected chi connectivity index (χ2v) is 12.8. The third-order valence-corrected chi connectivity index (χ3v) is 9.76. The molecule has 6 aromatic carbocycles. The van der Waals surface area contributed by atoms with Crippen molar-refractivity contribution in [3.8, 4) is 50.5 Å². The summed E-state index contributed by atoms with van der Waals surface area (Å²) in [4.78, 5) is 5.28. The van der Waals surface area contributed by atoms with Crippen LogP contribution in [0.1, 0.15) is 25.0 Å². The van der Waals surface area contributed by atoms with Crippen LogP contribution in [0.5, 0.6) is 0 Å². The van der Waals surface area contributed by atoms with Crippen LogP contribution in [0.15, 0.2) is 158 Å². The number of fused-ring (bicyclic) bond motifs is 7. The minimum atomic E-state index is -0.136. The molecule has 2 aromatic heterocycles. The van der Waals surface area contributed by atoms with Crippen LogP contribution in [-0.4, -0.2) is 9.55 Å². The van der Waals surface area contributed by atoms with Gasteiger partial charge in [0.05, 0.1) is 22.4 Å². The van der Waals surface area contributed by atoms with Crippen molar-refractivity contribution in [3.05, 3.63) is 169 Å². The number of hydrogen-bond donors (Lipinski definition) is 0. The highest BCUT2D eigenvalue weighted by molar-refractivity contribution is 6.15. The van der Waals surface area contributed by atoms with E-state index in [1.165, 1.54) is 55.3 Å². The smallest absolute Gasteiger partial charge is 0.0715 e. The van der Waals surface area contributed by atoms with Crippen molar-refractivity contribution in [2.45, 2.75) is 19.3 Å². The molecule has 1 aliphatic carbocycles. The van der Waals surface area contributed by atoms with Crippen molar-refractivity contribution < 1.29 is 0 Å². The van der Waals surface area contributed by atoms with Crippen LogP contribution < -0.4 is 0 Å². The van der Waals surface area contributed by atoms with Gasteiger partial charge in [-0.25, -0.2) is 4.98 Å². The minimum Gasteiger partial charge on any atom is -0.309 e. The van der Waals surface area contributed by atoms with Crippen molar-refractivity contribution in [3.63, 3.8) is 0 Å². The Morgan fingerprint density at radius 2 is 1.09 bits per heavy atom. The van der Waals surface area contributed by atoms with E-state index < -0.39 is 0 Å². The lowest BCUT2D eigenvalue weighted by Gasteiger charge is -2.22. The Hall–Kier alpha value is -5.73. The van der Waals surface area contributed by atoms with Gasteiger partial charge in [0.15, 0.2) is 0 Å². The molecule has 0 unspecified atom stereocenters. The average molecular weight is 589 g/mol. The van der Waals surface area contributed by atoms with E-state index in [0.29, 0.717) is 0 Å². The van der Waals surface area contributed by atoms with Gasteiger partial charge in [0.25, 0.3) is 0 Å². The second kappa shape index (κ2) is 10.2. The van der Waals surface area contributed by atoms with E-state index in [0.717, 1.165) is 28.1 Å². The number of benzene rings is 6. The van der Waals surface area contributed by atoms with Crippen LogP contribution in [0.4, 0.5) is 0 Å². The second-order valence-electron chi connectivity index (χ2n) is 12.8. The molecule has 0 N–H and O–H groups in total. The van der Waals surface area contributed by atoms with Crippen molar-refractivity contribution in [1.82, 2.24) is 9.55 Å². The molecule has 218 valence electrons. The van der Waals surface area contributed by atoms with Crippen LogP contribution in [0.3, 0.4) is 0 Å². The zero-order valence-electron chi connectivity index (χ0n) is 25.9. The molecule has 9 rings (SSSR count). The summed E-state index contributed by atoms with van der Waals surface area (Å²) in [7, 11) is 0. The highest BCUT2D eigenvalue weighted by Gasteiger charge is 2.38. The van der Waals surface area contributed by atoms with Crippen molar-refractivity contribution in [2.75, 3.05) is 0 Å². The molecule has 8 aromatic rings. The summed E-state index contributed by atoms with van der Waals surface area (Å²) >= 11 is 0. The van der Waals surface area contributed by atoms with Gasteiger partial charge in [-0.2, -0.15) is 0 Å². The molecule has 0 amide bonds. The summed E-state index contributed by atoms with van der Waals surface area (Å²) in [6.45, 7) is 4.76. The normalized spacial score (nSPS) is 13.2. The molecule has 0 fully saturated rings. The first-order valence-electron chi connectivity index (χ1n) is 16.0. The van der Waals surface area contributed by atoms with Gasteiger partial charge in [0.2, 0.25) is 0 Å². The van der Waals surface area contributed by atoms with Gasteiger partial charge in [-0.3, -0.25) is 0 Å². The summed E-state index contributed by atoms with van der Waals surface area (Å²) in [5.74, 6) is 0. The molecule has 1 aliphatic rings. The van der Waals surface area contributed by atoms with Gasteiger partial charge in [0, 0.05) is 33.0 Å². The highest BCUT2D eigenvalue weighted by atomic mass is 15.0. The maximum absolute atomic E-state index is 5.28. The predicted octanol–water partition coefficient (Wildman–Crippen LogP) is 11.5. The number of rotatable bonds is 4. The Balaban J connectivity index is 1.35. The molecule has 0 bridgehead atoms. The third kappa shape index (κ3) is 4.00. The molecule has 0 saturated carbocycles. The molecule has 0 radical (unpaired) electrons. The van der Waals surface area contributed by atoms with Crippen LogP contribution >= 0.6 is 0 Å². The largest absolute Gasteiger partial charge is 0.309 e. The van der Waals surface area contributed by atoms with Crippen molar-refractivity contribution in [1.29, 1.82) is 0 Å². The lowest BCUT2D eigenvalue weighted by atomic mass is 9.80. The van der Waals surface area contributed by atoms with Crippen LogP contribution in [-0.2, 0) is 5.41 Å². The van der Waals surface area contributed by atoms with Crippen LogP contribution in [0.25, 0.3) is 72.3 Å². The van der Waals surface area contributed by atoms with Crippen LogP contribution in [0, 0.1) is 0 Å². The number of hydrogen-bond acceptors (Lipinski definition) is 1. The molecule has 0 aliphatic heterocycles. The summed E-state index contributed by atoms with van der Waals surface area (Å²) in [6, 6.07) is 56.8. The molecule has 2 heterocycles. The minimum absolute atomic E-state index is 0.136. The van der Waals surface area contributed by atoms with Gasteiger partial charge in [-0.05, 0) is 75.8 Å². The molecule has 0 saturated heterocycles. The molecule has 0 atom stereocenters. The molecule has 46 heavy (non-hydrogen) atoms. The zero-order valence-corrected chi connectivity index (χ0v) is 25.9. The molecule has 2 nitrogen and oxygen atoms in total. The van der Waals surface area contributed by atoms with E-state index in [1.54, 1.807) is 0 Å². The van der Waals surface area contributed by atoms with E-state index in [4.69, 9.17) is 4.98 Å². The Bertz CT molecular complexity index is 2360. The van der Waals surface area contributed by atoms with Gasteiger partial charge in [0.1, 0.15) is 0 Å². The number of pyridine rings is 1. The lowest BCUT2D eigenvalue weighted by Crippen LogP contribution is -2.15. The van der Waals surface area contributed by atoms with E-state index in [9.17, 15) is 0 Å². The summed E-state index contributed by atoms with van der Waals surface area (Å²) in [6.07, 6.45) is 0. The predicted molar refractivity (Wildman–Crippen MR) is 192 cm³/mol. The Morgan fingerprint density at radius 1 is 0.478 bits per heavy atom. The Labute approximate surface area is 269 Å². The van der Waals surface area contributed by atoms with E-state index in [1.807, 2.05) is 0 Å². The van der Waals surface area contributed by atoms with Gasteiger partial charge < -0.3 is 4.57 Å². The molecular formula is C44H32N2. The highest BCUT2D eigenvalue weighted by Crippen LogP contribution is 2.53. The monoisotopic (exact) mass is 588 g/mol. The van der Waals surface area contributed by atoms with Gasteiger partial charge in [-0.15, -0.1) is 0 Å². The van der Waals surface area contributed by atoms with E-state index in [-0.39, 0.29) is 5.41 Å². The van der Waals surface area contributed by atoms with Gasteiger partial charge >= 0.3 is 0 Å². The fourth-order valence-electron chi connectivity index (χ4n) is 7.63. The first kappa shape index (κ1) is 26.7. The number of aromatic nitrogens is 2. The summed E-state index contributed by atoms with van der Waals surface area (Å²) in [5.41, 5.74) is 15.4. The zero-order chi connectivity index (χ0) is 30.8. The standard InChI is InChI=1S/C44H32N2/c1-44(2)37-21-13-12-20-34(37)35-23-25-41-42(43(35)44)36-26-31(22-24-40(36)46(41)33-18-10-5-11-19-33)39-28-32(29-14-6-3-7-15-29)27-38(45-39)30-16-8-4-9-17-30/h3-28H,1-2H3. The maximum Gasteiger partial charge on any atom is 0.0715 e. The van der Waals surface area contributed by atoms with Gasteiger partial charge in [-0.1, -0.05) is 129 Å². The first-order valence-corrected chi connectivity index (χ1v) is 16.0. The Morgan fingerprint density at radius 3 is 1.83 bits per heavy atom.